The molecule has 0 spiro atoms. The van der Waals surface area contributed by atoms with Crippen molar-refractivity contribution in [3.8, 4) is 0 Å². The van der Waals surface area contributed by atoms with Crippen LogP contribution in [0.25, 0.3) is 0 Å². The van der Waals surface area contributed by atoms with Crippen LogP contribution >= 0.6 is 12.4 Å². The Bertz CT molecular complexity index is 741. The SMILES string of the molecule is CN(c1ccccc1CC(N)=O)[C@H](CN1CC[C@H](O)C1)c1ccccc1.Cl. The Hall–Kier alpha value is -2.08. The number of β-amino-alcohol motifs (C(OH)–C–C–N with tert-alkyl or cyclic N) is 1. The summed E-state index contributed by atoms with van der Waals surface area (Å²) >= 11 is 0. The average Bonchev–Trinajstić information content (AvgIpc) is 3.05. The van der Waals surface area contributed by atoms with Crippen molar-refractivity contribution in [3.05, 3.63) is 65.7 Å². The van der Waals surface area contributed by atoms with Gasteiger partial charge in [-0.1, -0.05) is 48.5 Å². The van der Waals surface area contributed by atoms with Crippen LogP contribution in [0.4, 0.5) is 5.69 Å². The lowest BCUT2D eigenvalue weighted by Crippen LogP contribution is -2.36. The first-order valence-corrected chi connectivity index (χ1v) is 9.09. The second-order valence-corrected chi connectivity index (χ2v) is 7.01. The van der Waals surface area contributed by atoms with Crippen LogP contribution in [-0.2, 0) is 11.2 Å². The van der Waals surface area contributed by atoms with Gasteiger partial charge in [-0.15, -0.1) is 12.4 Å². The molecule has 3 rings (SSSR count). The van der Waals surface area contributed by atoms with Crippen molar-refractivity contribution in [2.24, 2.45) is 5.73 Å². The van der Waals surface area contributed by atoms with Gasteiger partial charge in [0.1, 0.15) is 0 Å². The first kappa shape index (κ1) is 21.2. The van der Waals surface area contributed by atoms with Crippen LogP contribution in [0.5, 0.6) is 0 Å². The maximum atomic E-state index is 11.5. The molecule has 27 heavy (non-hydrogen) atoms. The van der Waals surface area contributed by atoms with Gasteiger partial charge in [-0.25, -0.2) is 0 Å². The van der Waals surface area contributed by atoms with E-state index in [1.54, 1.807) is 0 Å². The lowest BCUT2D eigenvalue weighted by Gasteiger charge is -2.34. The Morgan fingerprint density at radius 2 is 1.89 bits per heavy atom. The molecule has 1 aliphatic rings. The zero-order chi connectivity index (χ0) is 18.5. The lowest BCUT2D eigenvalue weighted by molar-refractivity contribution is -0.117. The molecule has 1 heterocycles. The van der Waals surface area contributed by atoms with Gasteiger partial charge in [0.2, 0.25) is 5.91 Å². The highest BCUT2D eigenvalue weighted by Crippen LogP contribution is 2.30. The molecule has 0 unspecified atom stereocenters. The number of rotatable bonds is 7. The molecule has 2 atom stereocenters. The van der Waals surface area contributed by atoms with Crippen LogP contribution in [-0.4, -0.2) is 48.7 Å². The summed E-state index contributed by atoms with van der Waals surface area (Å²) in [6.07, 6.45) is 0.812. The molecule has 0 aliphatic carbocycles. The molecule has 0 aromatic heterocycles. The summed E-state index contributed by atoms with van der Waals surface area (Å²) in [6, 6.07) is 18.4. The molecule has 1 amide bonds. The molecule has 0 saturated carbocycles. The van der Waals surface area contributed by atoms with Gasteiger partial charge in [-0.3, -0.25) is 9.69 Å². The van der Waals surface area contributed by atoms with Crippen molar-refractivity contribution in [2.75, 3.05) is 31.6 Å². The summed E-state index contributed by atoms with van der Waals surface area (Å²) in [6.45, 7) is 2.43. The number of benzene rings is 2. The monoisotopic (exact) mass is 389 g/mol. The predicted molar refractivity (Wildman–Crippen MR) is 111 cm³/mol. The number of aliphatic hydroxyl groups is 1. The van der Waals surface area contributed by atoms with Gasteiger partial charge in [0.05, 0.1) is 18.6 Å². The summed E-state index contributed by atoms with van der Waals surface area (Å²) in [5.74, 6) is -0.329. The standard InChI is InChI=1S/C21H27N3O2.ClH/c1-23(19-10-6-5-9-17(19)13-21(22)26)20(16-7-3-2-4-8-16)15-24-12-11-18(25)14-24;/h2-10,18,20,25H,11-15H2,1H3,(H2,22,26);1H/t18-,20+;/m0./s1. The van der Waals surface area contributed by atoms with E-state index in [2.05, 4.69) is 29.0 Å². The summed E-state index contributed by atoms with van der Waals surface area (Å²) in [7, 11) is 2.06. The minimum atomic E-state index is -0.329. The van der Waals surface area contributed by atoms with Crippen LogP contribution in [0.3, 0.4) is 0 Å². The van der Waals surface area contributed by atoms with E-state index >= 15 is 0 Å². The van der Waals surface area contributed by atoms with E-state index in [9.17, 15) is 9.90 Å². The van der Waals surface area contributed by atoms with Crippen molar-refractivity contribution in [2.45, 2.75) is 25.0 Å². The van der Waals surface area contributed by atoms with Crippen molar-refractivity contribution < 1.29 is 9.90 Å². The Balaban J connectivity index is 0.00000261. The van der Waals surface area contributed by atoms with Gasteiger partial charge in [0.15, 0.2) is 0 Å². The van der Waals surface area contributed by atoms with Crippen molar-refractivity contribution in [3.63, 3.8) is 0 Å². The second kappa shape index (κ2) is 9.74. The van der Waals surface area contributed by atoms with Crippen molar-refractivity contribution >= 4 is 24.0 Å². The number of nitrogens with zero attached hydrogens (tertiary/aromatic N) is 2. The summed E-state index contributed by atoms with van der Waals surface area (Å²) < 4.78 is 0. The molecule has 0 radical (unpaired) electrons. The first-order valence-electron chi connectivity index (χ1n) is 9.09. The van der Waals surface area contributed by atoms with Crippen molar-refractivity contribution in [1.29, 1.82) is 0 Å². The highest BCUT2D eigenvalue weighted by atomic mass is 35.5. The average molecular weight is 390 g/mol. The number of aliphatic hydroxyl groups excluding tert-OH is 1. The van der Waals surface area contributed by atoms with Gasteiger partial charge >= 0.3 is 0 Å². The summed E-state index contributed by atoms with van der Waals surface area (Å²) in [5, 5.41) is 9.88. The van der Waals surface area contributed by atoms with E-state index in [0.717, 1.165) is 30.8 Å². The van der Waals surface area contributed by atoms with Gasteiger partial charge < -0.3 is 15.7 Å². The lowest BCUT2D eigenvalue weighted by atomic mass is 10.0. The number of hydrogen-bond donors (Lipinski definition) is 2. The van der Waals surface area contributed by atoms with Crippen LogP contribution in [0.2, 0.25) is 0 Å². The molecule has 5 nitrogen and oxygen atoms in total. The smallest absolute Gasteiger partial charge is 0.221 e. The molecule has 2 aromatic rings. The van der Waals surface area contributed by atoms with Crippen LogP contribution in [0.15, 0.2) is 54.6 Å². The molecule has 146 valence electrons. The first-order chi connectivity index (χ1) is 12.5. The Labute approximate surface area is 167 Å². The number of halogens is 1. The van der Waals surface area contributed by atoms with E-state index in [0.29, 0.717) is 6.54 Å². The topological polar surface area (TPSA) is 69.8 Å². The quantitative estimate of drug-likeness (QED) is 0.762. The fraction of sp³-hybridized carbons (Fsp3) is 0.381. The number of likely N-dealkylation sites (N-methyl/N-ethyl adjacent to an activating group) is 1. The molecular weight excluding hydrogens is 362 g/mol. The molecule has 1 saturated heterocycles. The van der Waals surface area contributed by atoms with E-state index in [-0.39, 0.29) is 36.9 Å². The predicted octanol–water partition coefficient (Wildman–Crippen LogP) is 2.38. The summed E-state index contributed by atoms with van der Waals surface area (Å²) in [5.41, 5.74) is 8.60. The molecule has 1 fully saturated rings. The zero-order valence-electron chi connectivity index (χ0n) is 15.6. The van der Waals surface area contributed by atoms with Gasteiger partial charge in [0.25, 0.3) is 0 Å². The fourth-order valence-electron chi connectivity index (χ4n) is 3.71. The fourth-order valence-corrected chi connectivity index (χ4v) is 3.71. The third kappa shape index (κ3) is 5.45. The minimum Gasteiger partial charge on any atom is -0.392 e. The van der Waals surface area contributed by atoms with E-state index in [4.69, 9.17) is 5.73 Å². The van der Waals surface area contributed by atoms with Gasteiger partial charge in [0, 0.05) is 32.4 Å². The number of para-hydroxylation sites is 1. The highest BCUT2D eigenvalue weighted by molar-refractivity contribution is 5.85. The largest absolute Gasteiger partial charge is 0.392 e. The number of likely N-dealkylation sites (tertiary alicyclic amines) is 1. The van der Waals surface area contributed by atoms with Crippen LogP contribution < -0.4 is 10.6 Å². The number of amides is 1. The molecule has 1 aliphatic heterocycles. The number of carbonyl (C=O) groups is 1. The van der Waals surface area contributed by atoms with Gasteiger partial charge in [-0.05, 0) is 23.6 Å². The Morgan fingerprint density at radius 1 is 1.22 bits per heavy atom. The van der Waals surface area contributed by atoms with E-state index in [1.807, 2.05) is 42.5 Å². The van der Waals surface area contributed by atoms with Crippen molar-refractivity contribution in [1.82, 2.24) is 4.90 Å². The molecule has 0 bridgehead atoms. The summed E-state index contributed by atoms with van der Waals surface area (Å²) in [4.78, 5) is 16.0. The molecular formula is C21H28ClN3O2. The highest BCUT2D eigenvalue weighted by Gasteiger charge is 2.27. The van der Waals surface area contributed by atoms with Crippen LogP contribution in [0.1, 0.15) is 23.6 Å². The normalized spacial score (nSPS) is 17.9. The maximum Gasteiger partial charge on any atom is 0.221 e. The minimum absolute atomic E-state index is 0. The van der Waals surface area contributed by atoms with Gasteiger partial charge in [-0.2, -0.15) is 0 Å². The Kier molecular flexibility index (Phi) is 7.66. The molecule has 6 heteroatoms. The van der Waals surface area contributed by atoms with Crippen LogP contribution in [0, 0.1) is 0 Å². The zero-order valence-corrected chi connectivity index (χ0v) is 16.4. The second-order valence-electron chi connectivity index (χ2n) is 7.01. The Morgan fingerprint density at radius 3 is 2.52 bits per heavy atom. The molecule has 2 aromatic carbocycles. The number of primary amides is 1. The van der Waals surface area contributed by atoms with E-state index in [1.165, 1.54) is 5.56 Å². The number of hydrogen-bond acceptors (Lipinski definition) is 4. The third-order valence-electron chi connectivity index (χ3n) is 5.07. The van der Waals surface area contributed by atoms with E-state index < -0.39 is 0 Å². The number of anilines is 1. The third-order valence-corrected chi connectivity index (χ3v) is 5.07. The molecule has 3 N–H and O–H groups in total. The number of nitrogens with two attached hydrogens (primary N) is 1. The number of carbonyl (C=O) groups excluding carboxylic acids is 1. The maximum absolute atomic E-state index is 11.5.